The van der Waals surface area contributed by atoms with E-state index in [2.05, 4.69) is 10.2 Å². The Bertz CT molecular complexity index is 464. The van der Waals surface area contributed by atoms with Crippen LogP contribution in [0.5, 0.6) is 0 Å². The summed E-state index contributed by atoms with van der Waals surface area (Å²) in [6.45, 7) is 4.11. The second kappa shape index (κ2) is 6.35. The maximum Gasteiger partial charge on any atom is 0.238 e. The summed E-state index contributed by atoms with van der Waals surface area (Å²) in [5, 5.41) is 12.8. The number of rotatable bonds is 4. The van der Waals surface area contributed by atoms with Crippen LogP contribution in [-0.2, 0) is 11.3 Å². The number of anilines is 1. The van der Waals surface area contributed by atoms with Gasteiger partial charge in [-0.05, 0) is 31.4 Å². The molecule has 0 radical (unpaired) electrons. The maximum atomic E-state index is 12.1. The van der Waals surface area contributed by atoms with Crippen molar-refractivity contribution >= 4 is 11.6 Å². The molecule has 1 heterocycles. The lowest BCUT2D eigenvalue weighted by Crippen LogP contribution is -2.45. The van der Waals surface area contributed by atoms with Gasteiger partial charge in [-0.1, -0.05) is 18.2 Å². The number of nitrogens with zero attached hydrogens (tertiary/aromatic N) is 1. The van der Waals surface area contributed by atoms with E-state index in [4.69, 9.17) is 5.73 Å². The lowest BCUT2D eigenvalue weighted by Gasteiger charge is -2.35. The monoisotopic (exact) mass is 277 g/mol. The molecule has 0 unspecified atom stereocenters. The van der Waals surface area contributed by atoms with Gasteiger partial charge in [-0.15, -0.1) is 0 Å². The van der Waals surface area contributed by atoms with E-state index in [1.165, 1.54) is 0 Å². The summed E-state index contributed by atoms with van der Waals surface area (Å²) < 4.78 is 0. The summed E-state index contributed by atoms with van der Waals surface area (Å²) in [5.74, 6) is -0.0348. The molecule has 20 heavy (non-hydrogen) atoms. The van der Waals surface area contributed by atoms with Gasteiger partial charge in [0.1, 0.15) is 0 Å². The van der Waals surface area contributed by atoms with Crippen molar-refractivity contribution in [2.24, 2.45) is 5.73 Å². The molecule has 0 saturated carbocycles. The van der Waals surface area contributed by atoms with Crippen molar-refractivity contribution in [3.63, 3.8) is 0 Å². The van der Waals surface area contributed by atoms with Crippen LogP contribution in [0.3, 0.4) is 0 Å². The first kappa shape index (κ1) is 15.0. The molecule has 0 spiro atoms. The van der Waals surface area contributed by atoms with Crippen LogP contribution in [0.4, 0.5) is 5.69 Å². The fourth-order valence-corrected chi connectivity index (χ4v) is 2.41. The molecule has 0 aliphatic carbocycles. The number of carbonyl (C=O) groups is 1. The summed E-state index contributed by atoms with van der Waals surface area (Å²) in [6.07, 6.45) is 1.42. The van der Waals surface area contributed by atoms with E-state index in [0.717, 1.165) is 24.3 Å². The van der Waals surface area contributed by atoms with E-state index in [1.807, 2.05) is 31.2 Å². The van der Waals surface area contributed by atoms with E-state index in [-0.39, 0.29) is 5.91 Å². The average Bonchev–Trinajstić information content (AvgIpc) is 2.42. The number of nitrogens with two attached hydrogens (primary N) is 1. The van der Waals surface area contributed by atoms with Gasteiger partial charge in [0, 0.05) is 25.3 Å². The normalized spacial score (nSPS) is 18.8. The van der Waals surface area contributed by atoms with Crippen LogP contribution in [0, 0.1) is 0 Å². The highest BCUT2D eigenvalue weighted by molar-refractivity contribution is 5.93. The number of para-hydroxylation sites is 1. The van der Waals surface area contributed by atoms with Crippen molar-refractivity contribution in [1.82, 2.24) is 4.90 Å². The lowest BCUT2D eigenvalue weighted by atomic mass is 9.94. The Kier molecular flexibility index (Phi) is 4.75. The first-order valence-electron chi connectivity index (χ1n) is 7.03. The van der Waals surface area contributed by atoms with E-state index in [9.17, 15) is 9.90 Å². The van der Waals surface area contributed by atoms with Gasteiger partial charge in [0.05, 0.1) is 12.1 Å². The number of hydrogen-bond donors (Lipinski definition) is 3. The molecule has 1 aliphatic heterocycles. The second-order valence-electron chi connectivity index (χ2n) is 5.68. The molecule has 5 nitrogen and oxygen atoms in total. The van der Waals surface area contributed by atoms with E-state index >= 15 is 0 Å². The van der Waals surface area contributed by atoms with E-state index in [1.54, 1.807) is 0 Å². The van der Waals surface area contributed by atoms with Crippen molar-refractivity contribution in [3.8, 4) is 0 Å². The first-order valence-corrected chi connectivity index (χ1v) is 7.03. The molecule has 1 saturated heterocycles. The summed E-state index contributed by atoms with van der Waals surface area (Å²) in [7, 11) is 0. The number of hydrogen-bond acceptors (Lipinski definition) is 4. The van der Waals surface area contributed by atoms with Gasteiger partial charge in [0.15, 0.2) is 0 Å². The van der Waals surface area contributed by atoms with Gasteiger partial charge in [-0.3, -0.25) is 9.69 Å². The fraction of sp³-hybridized carbons (Fsp3) is 0.533. The SMILES string of the molecule is CC1(O)CCN(CC(=O)Nc2ccccc2CN)CC1. The Balaban J connectivity index is 1.87. The van der Waals surface area contributed by atoms with Gasteiger partial charge in [0.2, 0.25) is 5.91 Å². The Morgan fingerprint density at radius 3 is 2.70 bits per heavy atom. The number of piperidine rings is 1. The molecule has 1 amide bonds. The predicted octanol–water partition coefficient (Wildman–Crippen LogP) is 0.931. The standard InChI is InChI=1S/C15H23N3O2/c1-15(20)6-8-18(9-7-15)11-14(19)17-13-5-3-2-4-12(13)10-16/h2-5,20H,6-11,16H2,1H3,(H,17,19). The topological polar surface area (TPSA) is 78.6 Å². The average molecular weight is 277 g/mol. The maximum absolute atomic E-state index is 12.1. The van der Waals surface area contributed by atoms with Crippen LogP contribution in [0.15, 0.2) is 24.3 Å². The van der Waals surface area contributed by atoms with Crippen molar-refractivity contribution in [2.45, 2.75) is 31.9 Å². The minimum Gasteiger partial charge on any atom is -0.390 e. The number of aliphatic hydroxyl groups is 1. The van der Waals surface area contributed by atoms with Crippen LogP contribution in [-0.4, -0.2) is 41.1 Å². The minimum absolute atomic E-state index is 0.0348. The quantitative estimate of drug-likeness (QED) is 0.765. The lowest BCUT2D eigenvalue weighted by molar-refractivity contribution is -0.118. The summed E-state index contributed by atoms with van der Waals surface area (Å²) in [5.41, 5.74) is 6.78. The molecule has 5 heteroatoms. The van der Waals surface area contributed by atoms with Crippen LogP contribution in [0.1, 0.15) is 25.3 Å². The Labute approximate surface area is 119 Å². The smallest absolute Gasteiger partial charge is 0.238 e. The van der Waals surface area contributed by atoms with Crippen molar-refractivity contribution in [2.75, 3.05) is 25.0 Å². The highest BCUT2D eigenvalue weighted by Gasteiger charge is 2.28. The molecule has 110 valence electrons. The summed E-state index contributed by atoms with van der Waals surface area (Å²) >= 11 is 0. The molecule has 1 aliphatic rings. The zero-order chi connectivity index (χ0) is 14.6. The molecule has 1 fully saturated rings. The Morgan fingerprint density at radius 2 is 2.05 bits per heavy atom. The predicted molar refractivity (Wildman–Crippen MR) is 79.3 cm³/mol. The molecule has 4 N–H and O–H groups in total. The molecule has 0 atom stereocenters. The highest BCUT2D eigenvalue weighted by atomic mass is 16.3. The van der Waals surface area contributed by atoms with Crippen LogP contribution >= 0.6 is 0 Å². The van der Waals surface area contributed by atoms with Crippen molar-refractivity contribution in [3.05, 3.63) is 29.8 Å². The summed E-state index contributed by atoms with van der Waals surface area (Å²) in [4.78, 5) is 14.1. The third-order valence-electron chi connectivity index (χ3n) is 3.81. The van der Waals surface area contributed by atoms with Crippen molar-refractivity contribution < 1.29 is 9.90 Å². The first-order chi connectivity index (χ1) is 9.50. The number of carbonyl (C=O) groups excluding carboxylic acids is 1. The molecular weight excluding hydrogens is 254 g/mol. The van der Waals surface area contributed by atoms with Gasteiger partial charge in [-0.25, -0.2) is 0 Å². The fourth-order valence-electron chi connectivity index (χ4n) is 2.41. The molecule has 1 aromatic rings. The third kappa shape index (κ3) is 4.03. The number of nitrogens with one attached hydrogen (secondary N) is 1. The van der Waals surface area contributed by atoms with Crippen LogP contribution < -0.4 is 11.1 Å². The Morgan fingerprint density at radius 1 is 1.40 bits per heavy atom. The van der Waals surface area contributed by atoms with Crippen LogP contribution in [0.2, 0.25) is 0 Å². The third-order valence-corrected chi connectivity index (χ3v) is 3.81. The zero-order valence-electron chi connectivity index (χ0n) is 11.9. The van der Waals surface area contributed by atoms with E-state index in [0.29, 0.717) is 25.9 Å². The highest BCUT2D eigenvalue weighted by Crippen LogP contribution is 2.21. The molecular formula is C15H23N3O2. The second-order valence-corrected chi connectivity index (χ2v) is 5.68. The summed E-state index contributed by atoms with van der Waals surface area (Å²) in [6, 6.07) is 7.56. The van der Waals surface area contributed by atoms with Gasteiger partial charge in [-0.2, -0.15) is 0 Å². The van der Waals surface area contributed by atoms with Gasteiger partial charge < -0.3 is 16.2 Å². The zero-order valence-corrected chi connectivity index (χ0v) is 11.9. The Hall–Kier alpha value is -1.43. The molecule has 2 rings (SSSR count). The van der Waals surface area contributed by atoms with E-state index < -0.39 is 5.60 Å². The molecule has 1 aromatic carbocycles. The number of benzene rings is 1. The number of likely N-dealkylation sites (tertiary alicyclic amines) is 1. The molecule has 0 bridgehead atoms. The van der Waals surface area contributed by atoms with Crippen LogP contribution in [0.25, 0.3) is 0 Å². The molecule has 0 aromatic heterocycles. The number of amides is 1. The van der Waals surface area contributed by atoms with Gasteiger partial charge in [0.25, 0.3) is 0 Å². The van der Waals surface area contributed by atoms with Crippen molar-refractivity contribution in [1.29, 1.82) is 0 Å². The minimum atomic E-state index is -0.584. The largest absolute Gasteiger partial charge is 0.390 e. The van der Waals surface area contributed by atoms with Gasteiger partial charge >= 0.3 is 0 Å².